The van der Waals surface area contributed by atoms with Gasteiger partial charge in [0.25, 0.3) is 5.91 Å². The first-order valence-corrected chi connectivity index (χ1v) is 7.51. The second kappa shape index (κ2) is 6.22. The predicted octanol–water partition coefficient (Wildman–Crippen LogP) is 3.69. The number of anilines is 1. The average Bonchev–Trinajstić information content (AvgIpc) is 2.80. The molecule has 1 amide bonds. The van der Waals surface area contributed by atoms with E-state index in [0.717, 1.165) is 23.4 Å². The largest absolute Gasteiger partial charge is 0.322 e. The zero-order chi connectivity index (χ0) is 14.7. The molecule has 2 rings (SSSR count). The molecule has 1 heterocycles. The molecule has 5 heteroatoms. The molecular weight excluding hydrogens is 318 g/mol. The van der Waals surface area contributed by atoms with Gasteiger partial charge in [-0.1, -0.05) is 41.1 Å². The molecule has 1 atom stereocenters. The number of alkyl halides is 1. The first-order valence-electron chi connectivity index (χ1n) is 6.59. The summed E-state index contributed by atoms with van der Waals surface area (Å²) >= 11 is 3.54. The van der Waals surface area contributed by atoms with Gasteiger partial charge >= 0.3 is 0 Å². The normalized spacial score (nSPS) is 12.2. The molecule has 0 spiro atoms. The van der Waals surface area contributed by atoms with Crippen LogP contribution in [0, 0.1) is 0 Å². The number of rotatable bonds is 4. The highest BCUT2D eigenvalue weighted by Crippen LogP contribution is 2.29. The summed E-state index contributed by atoms with van der Waals surface area (Å²) in [7, 11) is 1.82. The van der Waals surface area contributed by atoms with Crippen molar-refractivity contribution in [2.24, 2.45) is 7.05 Å². The average molecular weight is 336 g/mol. The summed E-state index contributed by atoms with van der Waals surface area (Å²) in [5.74, 6) is -0.115. The number of amides is 1. The first-order chi connectivity index (χ1) is 9.52. The zero-order valence-corrected chi connectivity index (χ0v) is 13.4. The standard InChI is InChI=1S/C15H18BrN3O/c1-4-13-12(9-19(3)18-13)15(20)17-14-8-6-5-7-11(14)10(2)16/h5-10H,4H2,1-3H3,(H,17,20). The van der Waals surface area contributed by atoms with Crippen molar-refractivity contribution in [3.8, 4) is 0 Å². The van der Waals surface area contributed by atoms with Crippen LogP contribution in [0.25, 0.3) is 0 Å². The Kier molecular flexibility index (Phi) is 4.60. The highest BCUT2D eigenvalue weighted by Gasteiger charge is 2.16. The fourth-order valence-electron chi connectivity index (χ4n) is 2.13. The highest BCUT2D eigenvalue weighted by atomic mass is 79.9. The van der Waals surface area contributed by atoms with Gasteiger partial charge in [-0.2, -0.15) is 5.10 Å². The van der Waals surface area contributed by atoms with Crippen LogP contribution < -0.4 is 5.32 Å². The summed E-state index contributed by atoms with van der Waals surface area (Å²) in [6, 6.07) is 7.79. The zero-order valence-electron chi connectivity index (χ0n) is 11.9. The summed E-state index contributed by atoms with van der Waals surface area (Å²) < 4.78 is 1.67. The number of nitrogens with zero attached hydrogens (tertiary/aromatic N) is 2. The lowest BCUT2D eigenvalue weighted by atomic mass is 10.1. The van der Waals surface area contributed by atoms with Gasteiger partial charge in [-0.25, -0.2) is 0 Å². The molecule has 106 valence electrons. The molecular formula is C15H18BrN3O. The predicted molar refractivity (Wildman–Crippen MR) is 84.3 cm³/mol. The third-order valence-corrected chi connectivity index (χ3v) is 3.62. The van der Waals surface area contributed by atoms with E-state index in [9.17, 15) is 4.79 Å². The molecule has 0 fully saturated rings. The molecule has 0 saturated heterocycles. The Bertz CT molecular complexity index is 619. The number of nitrogens with one attached hydrogen (secondary N) is 1. The number of aryl methyl sites for hydroxylation is 2. The lowest BCUT2D eigenvalue weighted by molar-refractivity contribution is 0.102. The Hall–Kier alpha value is -1.62. The van der Waals surface area contributed by atoms with Crippen LogP contribution in [0.4, 0.5) is 5.69 Å². The Labute approximate surface area is 127 Å². The summed E-state index contributed by atoms with van der Waals surface area (Å²) in [4.78, 5) is 12.6. The second-order valence-electron chi connectivity index (χ2n) is 4.67. The van der Waals surface area contributed by atoms with E-state index in [1.807, 2.05) is 45.2 Å². The molecule has 2 aromatic rings. The number of benzene rings is 1. The maximum atomic E-state index is 12.4. The third kappa shape index (κ3) is 3.10. The molecule has 1 aromatic carbocycles. The van der Waals surface area contributed by atoms with Crippen molar-refractivity contribution in [2.45, 2.75) is 25.1 Å². The van der Waals surface area contributed by atoms with Crippen molar-refractivity contribution in [3.63, 3.8) is 0 Å². The molecule has 1 aromatic heterocycles. The monoisotopic (exact) mass is 335 g/mol. The van der Waals surface area contributed by atoms with Gasteiger partial charge < -0.3 is 5.32 Å². The fourth-order valence-corrected chi connectivity index (χ4v) is 2.53. The van der Waals surface area contributed by atoms with E-state index >= 15 is 0 Å². The van der Waals surface area contributed by atoms with Crippen LogP contribution in [0.5, 0.6) is 0 Å². The second-order valence-corrected chi connectivity index (χ2v) is 6.05. The topological polar surface area (TPSA) is 46.9 Å². The fraction of sp³-hybridized carbons (Fsp3) is 0.333. The Morgan fingerprint density at radius 2 is 2.15 bits per heavy atom. The number of carbonyl (C=O) groups excluding carboxylic acids is 1. The van der Waals surface area contributed by atoms with Crippen molar-refractivity contribution >= 4 is 27.5 Å². The molecule has 1 unspecified atom stereocenters. The third-order valence-electron chi connectivity index (χ3n) is 3.12. The van der Waals surface area contributed by atoms with Gasteiger partial charge in [-0.15, -0.1) is 0 Å². The number of para-hydroxylation sites is 1. The lowest BCUT2D eigenvalue weighted by Gasteiger charge is -2.12. The maximum absolute atomic E-state index is 12.4. The summed E-state index contributed by atoms with van der Waals surface area (Å²) in [5.41, 5.74) is 3.33. The van der Waals surface area contributed by atoms with Gasteiger partial charge in [0.05, 0.1) is 11.3 Å². The van der Waals surface area contributed by atoms with Crippen LogP contribution in [0.2, 0.25) is 0 Å². The minimum absolute atomic E-state index is 0.115. The highest BCUT2D eigenvalue weighted by molar-refractivity contribution is 9.09. The minimum Gasteiger partial charge on any atom is -0.322 e. The van der Waals surface area contributed by atoms with Crippen LogP contribution >= 0.6 is 15.9 Å². The maximum Gasteiger partial charge on any atom is 0.259 e. The van der Waals surface area contributed by atoms with E-state index in [-0.39, 0.29) is 10.7 Å². The molecule has 4 nitrogen and oxygen atoms in total. The van der Waals surface area contributed by atoms with E-state index in [2.05, 4.69) is 26.3 Å². The van der Waals surface area contributed by atoms with Gasteiger partial charge in [0.2, 0.25) is 0 Å². The number of hydrogen-bond acceptors (Lipinski definition) is 2. The van der Waals surface area contributed by atoms with Crippen LogP contribution in [0.1, 0.15) is 40.3 Å². The van der Waals surface area contributed by atoms with E-state index < -0.39 is 0 Å². The molecule has 0 aliphatic carbocycles. The smallest absolute Gasteiger partial charge is 0.259 e. The van der Waals surface area contributed by atoms with Crippen LogP contribution in [-0.4, -0.2) is 15.7 Å². The van der Waals surface area contributed by atoms with E-state index in [0.29, 0.717) is 5.56 Å². The summed E-state index contributed by atoms with van der Waals surface area (Å²) in [5, 5.41) is 7.27. The Morgan fingerprint density at radius 1 is 1.45 bits per heavy atom. The van der Waals surface area contributed by atoms with Gasteiger partial charge in [0.15, 0.2) is 0 Å². The van der Waals surface area contributed by atoms with Gasteiger partial charge in [-0.3, -0.25) is 9.48 Å². The van der Waals surface area contributed by atoms with E-state index in [1.165, 1.54) is 0 Å². The SMILES string of the molecule is CCc1nn(C)cc1C(=O)Nc1ccccc1C(C)Br. The molecule has 20 heavy (non-hydrogen) atoms. The molecule has 0 aliphatic rings. The molecule has 0 aliphatic heterocycles. The minimum atomic E-state index is -0.115. The van der Waals surface area contributed by atoms with Gasteiger partial charge in [0.1, 0.15) is 0 Å². The van der Waals surface area contributed by atoms with Gasteiger partial charge in [-0.05, 0) is 25.0 Å². The first kappa shape index (κ1) is 14.8. The van der Waals surface area contributed by atoms with Crippen LogP contribution in [-0.2, 0) is 13.5 Å². The Morgan fingerprint density at radius 3 is 2.80 bits per heavy atom. The molecule has 0 saturated carbocycles. The van der Waals surface area contributed by atoms with E-state index in [4.69, 9.17) is 0 Å². The summed E-state index contributed by atoms with van der Waals surface area (Å²) in [6.07, 6.45) is 2.49. The number of aromatic nitrogens is 2. The quantitative estimate of drug-likeness (QED) is 0.866. The number of hydrogen-bond donors (Lipinski definition) is 1. The van der Waals surface area contributed by atoms with Gasteiger partial charge in [0, 0.05) is 23.8 Å². The van der Waals surface area contributed by atoms with Crippen molar-refractivity contribution < 1.29 is 4.79 Å². The molecule has 0 radical (unpaired) electrons. The number of carbonyl (C=O) groups is 1. The molecule has 0 bridgehead atoms. The molecule has 1 N–H and O–H groups in total. The summed E-state index contributed by atoms with van der Waals surface area (Å²) in [6.45, 7) is 4.03. The number of halogens is 1. The Balaban J connectivity index is 2.28. The van der Waals surface area contributed by atoms with Crippen molar-refractivity contribution in [1.82, 2.24) is 9.78 Å². The van der Waals surface area contributed by atoms with Crippen LogP contribution in [0.3, 0.4) is 0 Å². The lowest BCUT2D eigenvalue weighted by Crippen LogP contribution is -2.14. The van der Waals surface area contributed by atoms with Crippen molar-refractivity contribution in [3.05, 3.63) is 47.3 Å². The van der Waals surface area contributed by atoms with Crippen molar-refractivity contribution in [1.29, 1.82) is 0 Å². The van der Waals surface area contributed by atoms with E-state index in [1.54, 1.807) is 10.9 Å². The van der Waals surface area contributed by atoms with Crippen LogP contribution in [0.15, 0.2) is 30.5 Å². The van der Waals surface area contributed by atoms with Crippen molar-refractivity contribution in [2.75, 3.05) is 5.32 Å².